The molecule has 0 saturated carbocycles. The smallest absolute Gasteiger partial charge is 0.181 e. The van der Waals surface area contributed by atoms with Crippen molar-refractivity contribution in [3.8, 4) is 11.3 Å². The third-order valence-electron chi connectivity index (χ3n) is 4.83. The van der Waals surface area contributed by atoms with Gasteiger partial charge in [0.05, 0.1) is 5.69 Å². The topological polar surface area (TPSA) is 59.9 Å². The molecule has 0 atom stereocenters. The molecule has 154 valence electrons. The zero-order valence-electron chi connectivity index (χ0n) is 17.5. The van der Waals surface area contributed by atoms with Crippen LogP contribution in [0.2, 0.25) is 0 Å². The molecular formula is C25H25FN2O2. The molecule has 0 N–H and O–H groups in total. The van der Waals surface area contributed by atoms with Gasteiger partial charge in [-0.2, -0.15) is 0 Å². The number of halogens is 1. The second kappa shape index (κ2) is 9.53. The van der Waals surface area contributed by atoms with Gasteiger partial charge in [0.15, 0.2) is 11.6 Å². The quantitative estimate of drug-likeness (QED) is 0.456. The fourth-order valence-electron chi connectivity index (χ4n) is 3.15. The lowest BCUT2D eigenvalue weighted by atomic mass is 10.0. The first-order valence-electron chi connectivity index (χ1n) is 10.1. The largest absolute Gasteiger partial charge is 0.292 e. The number of aryl methyl sites for hydroxylation is 2. The van der Waals surface area contributed by atoms with Crippen molar-refractivity contribution in [2.45, 2.75) is 40.0 Å². The molecule has 5 heteroatoms. The van der Waals surface area contributed by atoms with Gasteiger partial charge < -0.3 is 0 Å². The molecule has 1 aromatic carbocycles. The van der Waals surface area contributed by atoms with Gasteiger partial charge >= 0.3 is 0 Å². The van der Waals surface area contributed by atoms with E-state index in [4.69, 9.17) is 0 Å². The summed E-state index contributed by atoms with van der Waals surface area (Å²) >= 11 is 0. The van der Waals surface area contributed by atoms with Crippen LogP contribution in [0.1, 0.15) is 58.8 Å². The maximum atomic E-state index is 13.4. The van der Waals surface area contributed by atoms with Crippen LogP contribution in [0, 0.1) is 18.7 Å². The Morgan fingerprint density at radius 2 is 1.73 bits per heavy atom. The van der Waals surface area contributed by atoms with Gasteiger partial charge in [0.1, 0.15) is 17.2 Å². The number of pyridine rings is 2. The van der Waals surface area contributed by atoms with E-state index in [9.17, 15) is 14.0 Å². The molecule has 0 bridgehead atoms. The van der Waals surface area contributed by atoms with Crippen molar-refractivity contribution in [3.05, 3.63) is 83.1 Å². The maximum Gasteiger partial charge on any atom is 0.181 e. The number of aromatic nitrogens is 2. The minimum absolute atomic E-state index is 0.0459. The highest BCUT2D eigenvalue weighted by atomic mass is 19.1. The molecule has 30 heavy (non-hydrogen) atoms. The monoisotopic (exact) mass is 404 g/mol. The summed E-state index contributed by atoms with van der Waals surface area (Å²) < 4.78 is 13.4. The molecule has 0 aliphatic heterocycles. The summed E-state index contributed by atoms with van der Waals surface area (Å²) in [5, 5.41) is 0. The average Bonchev–Trinajstić information content (AvgIpc) is 2.74. The third kappa shape index (κ3) is 5.44. The lowest BCUT2D eigenvalue weighted by molar-refractivity contribution is 0.0962. The van der Waals surface area contributed by atoms with Gasteiger partial charge in [0.25, 0.3) is 0 Å². The Kier molecular flexibility index (Phi) is 6.83. The van der Waals surface area contributed by atoms with Crippen molar-refractivity contribution in [1.29, 1.82) is 0 Å². The predicted octanol–water partition coefficient (Wildman–Crippen LogP) is 5.64. The zero-order chi connectivity index (χ0) is 21.7. The van der Waals surface area contributed by atoms with E-state index >= 15 is 0 Å². The molecule has 0 amide bonds. The number of nitrogens with zero attached hydrogens (tertiary/aromatic N) is 2. The van der Waals surface area contributed by atoms with E-state index in [1.54, 1.807) is 43.5 Å². The zero-order valence-corrected chi connectivity index (χ0v) is 17.5. The van der Waals surface area contributed by atoms with E-state index in [2.05, 4.69) is 9.97 Å². The molecule has 0 spiro atoms. The first kappa shape index (κ1) is 21.5. The summed E-state index contributed by atoms with van der Waals surface area (Å²) in [5.41, 5.74) is 3.77. The molecule has 0 saturated heterocycles. The lowest BCUT2D eigenvalue weighted by Gasteiger charge is -2.07. The molecule has 4 nitrogen and oxygen atoms in total. The maximum absolute atomic E-state index is 13.4. The first-order valence-corrected chi connectivity index (χ1v) is 10.1. The molecule has 0 aliphatic rings. The Bertz CT molecular complexity index is 1060. The van der Waals surface area contributed by atoms with Gasteiger partial charge in [-0.25, -0.2) is 9.37 Å². The highest BCUT2D eigenvalue weighted by molar-refractivity contribution is 5.98. The fourth-order valence-corrected chi connectivity index (χ4v) is 3.15. The van der Waals surface area contributed by atoms with Crippen LogP contribution >= 0.6 is 0 Å². The van der Waals surface area contributed by atoms with Crippen LogP contribution in [0.25, 0.3) is 11.3 Å². The number of Topliss-reactive ketones (excluding diaryl/α,β-unsaturated/α-hetero) is 2. The lowest BCUT2D eigenvalue weighted by Crippen LogP contribution is -2.10. The molecule has 0 aliphatic carbocycles. The van der Waals surface area contributed by atoms with Crippen LogP contribution in [0.5, 0.6) is 0 Å². The Balaban J connectivity index is 1.63. The number of ketones is 2. The summed E-state index contributed by atoms with van der Waals surface area (Å²) in [5.74, 6) is -0.145. The number of hydrogen-bond donors (Lipinski definition) is 0. The molecule has 0 fully saturated rings. The van der Waals surface area contributed by atoms with E-state index < -0.39 is 0 Å². The van der Waals surface area contributed by atoms with E-state index in [0.29, 0.717) is 29.8 Å². The second-order valence-electron chi connectivity index (χ2n) is 7.87. The molecule has 2 heterocycles. The van der Waals surface area contributed by atoms with Gasteiger partial charge in [0.2, 0.25) is 0 Å². The van der Waals surface area contributed by atoms with Crippen LogP contribution in [0.15, 0.2) is 54.7 Å². The molecule has 0 unspecified atom stereocenters. The molecule has 2 aromatic heterocycles. The summed E-state index contributed by atoms with van der Waals surface area (Å²) in [6.07, 6.45) is 2.96. The highest BCUT2D eigenvalue weighted by Crippen LogP contribution is 2.20. The van der Waals surface area contributed by atoms with Crippen LogP contribution in [0.4, 0.5) is 4.39 Å². The van der Waals surface area contributed by atoms with Crippen LogP contribution < -0.4 is 0 Å². The van der Waals surface area contributed by atoms with E-state index in [1.807, 2.05) is 26.0 Å². The Hall–Kier alpha value is -3.21. The number of carbonyl (C=O) groups excluding carboxylic acids is 2. The van der Waals surface area contributed by atoms with Gasteiger partial charge in [-0.3, -0.25) is 14.6 Å². The highest BCUT2D eigenvalue weighted by Gasteiger charge is 2.14. The van der Waals surface area contributed by atoms with Crippen molar-refractivity contribution >= 4 is 11.6 Å². The Labute approximate surface area is 176 Å². The minimum Gasteiger partial charge on any atom is -0.292 e. The standard InChI is InChI=1S/C25H25FN2O2/c1-16(2)13-25(30)23-6-4-5-22(28-23)24(29)12-8-18-7-11-21(27-15-18)19-9-10-20(26)17(3)14-19/h4-7,9-11,14-16H,8,12-13H2,1-3H3. The van der Waals surface area contributed by atoms with Gasteiger partial charge in [-0.05, 0) is 66.8 Å². The molecule has 0 radical (unpaired) electrons. The summed E-state index contributed by atoms with van der Waals surface area (Å²) in [4.78, 5) is 33.4. The van der Waals surface area contributed by atoms with Gasteiger partial charge in [0, 0.05) is 24.6 Å². The molecule has 3 aromatic rings. The number of hydrogen-bond acceptors (Lipinski definition) is 4. The Morgan fingerprint density at radius 1 is 1.00 bits per heavy atom. The summed E-state index contributed by atoms with van der Waals surface area (Å²) in [6, 6.07) is 13.7. The van der Waals surface area contributed by atoms with Gasteiger partial charge in [-0.15, -0.1) is 0 Å². The third-order valence-corrected chi connectivity index (χ3v) is 4.83. The minimum atomic E-state index is -0.238. The van der Waals surface area contributed by atoms with Crippen molar-refractivity contribution in [3.63, 3.8) is 0 Å². The number of rotatable bonds is 8. The number of carbonyl (C=O) groups is 2. The van der Waals surface area contributed by atoms with Crippen LogP contribution in [-0.2, 0) is 6.42 Å². The second-order valence-corrected chi connectivity index (χ2v) is 7.87. The Morgan fingerprint density at radius 3 is 2.37 bits per heavy atom. The molecular weight excluding hydrogens is 379 g/mol. The fraction of sp³-hybridized carbons (Fsp3) is 0.280. The van der Waals surface area contributed by atoms with Crippen molar-refractivity contribution < 1.29 is 14.0 Å². The first-order chi connectivity index (χ1) is 14.3. The molecule has 3 rings (SSSR count). The van der Waals surface area contributed by atoms with E-state index in [1.165, 1.54) is 6.07 Å². The summed E-state index contributed by atoms with van der Waals surface area (Å²) in [6.45, 7) is 5.67. The van der Waals surface area contributed by atoms with Crippen LogP contribution in [0.3, 0.4) is 0 Å². The normalized spacial score (nSPS) is 11.0. The van der Waals surface area contributed by atoms with Crippen molar-refractivity contribution in [2.75, 3.05) is 0 Å². The van der Waals surface area contributed by atoms with Crippen molar-refractivity contribution in [1.82, 2.24) is 9.97 Å². The van der Waals surface area contributed by atoms with E-state index in [-0.39, 0.29) is 29.7 Å². The SMILES string of the molecule is Cc1cc(-c2ccc(CCC(=O)c3cccc(C(=O)CC(C)C)n3)cn2)ccc1F. The predicted molar refractivity (Wildman–Crippen MR) is 115 cm³/mol. The van der Waals surface area contributed by atoms with Crippen molar-refractivity contribution in [2.24, 2.45) is 5.92 Å². The number of benzene rings is 1. The summed E-state index contributed by atoms with van der Waals surface area (Å²) in [7, 11) is 0. The van der Waals surface area contributed by atoms with Crippen LogP contribution in [-0.4, -0.2) is 21.5 Å². The average molecular weight is 404 g/mol. The van der Waals surface area contributed by atoms with Gasteiger partial charge in [-0.1, -0.05) is 26.0 Å². The van der Waals surface area contributed by atoms with E-state index in [0.717, 1.165) is 16.8 Å².